The molecule has 0 saturated heterocycles. The molecule has 2 heterocycles. The molecule has 0 spiro atoms. The van der Waals surface area contributed by atoms with Gasteiger partial charge in [-0.3, -0.25) is 9.78 Å². The number of aromatic nitrogens is 1. The van der Waals surface area contributed by atoms with Gasteiger partial charge in [-0.25, -0.2) is 0 Å². The summed E-state index contributed by atoms with van der Waals surface area (Å²) in [4.78, 5) is 16.1. The maximum absolute atomic E-state index is 12.3. The van der Waals surface area contributed by atoms with Crippen LogP contribution in [0.1, 0.15) is 34.9 Å². The highest BCUT2D eigenvalue weighted by Crippen LogP contribution is 2.49. The monoisotopic (exact) mass is 359 g/mol. The molecule has 1 unspecified atom stereocenters. The molecule has 3 rings (SSSR count). The van der Waals surface area contributed by atoms with E-state index in [-0.39, 0.29) is 18.6 Å². The summed E-state index contributed by atoms with van der Waals surface area (Å²) in [5.41, 5.74) is 1.06. The number of methoxy groups -OCH3 is 2. The second-order valence-electron chi connectivity index (χ2n) is 5.77. The summed E-state index contributed by atoms with van der Waals surface area (Å²) in [6.45, 7) is 0.827. The molecule has 1 aromatic carbocycles. The zero-order valence-corrected chi connectivity index (χ0v) is 14.7. The third-order valence-electron chi connectivity index (χ3n) is 4.19. The van der Waals surface area contributed by atoms with E-state index in [0.717, 1.165) is 0 Å². The van der Waals surface area contributed by atoms with Crippen LogP contribution in [-0.2, 0) is 0 Å². The minimum atomic E-state index is -0.916. The van der Waals surface area contributed by atoms with E-state index in [1.807, 2.05) is 0 Å². The summed E-state index contributed by atoms with van der Waals surface area (Å²) in [5.74, 6) is 1.64. The zero-order valence-electron chi connectivity index (χ0n) is 14.7. The van der Waals surface area contributed by atoms with E-state index in [1.165, 1.54) is 14.2 Å². The Kier molecular flexibility index (Phi) is 5.58. The number of fused-ring (bicyclic) bond motifs is 1. The molecule has 1 N–H and O–H groups in total. The molecule has 26 heavy (non-hydrogen) atoms. The summed E-state index contributed by atoms with van der Waals surface area (Å²) in [7, 11) is 2.99. The third kappa shape index (κ3) is 3.57. The number of rotatable bonds is 7. The fraction of sp³-hybridized carbons (Fsp3) is 0.368. The van der Waals surface area contributed by atoms with Gasteiger partial charge in [0.2, 0.25) is 11.5 Å². The number of Topliss-reactive ketones (excluding diaryl/α,β-unsaturated/α-hetero) is 1. The van der Waals surface area contributed by atoms with Crippen LogP contribution in [0.5, 0.6) is 23.0 Å². The molecule has 138 valence electrons. The number of benzene rings is 1. The van der Waals surface area contributed by atoms with Gasteiger partial charge in [0.15, 0.2) is 17.3 Å². The smallest absolute Gasteiger partial charge is 0.207 e. The summed E-state index contributed by atoms with van der Waals surface area (Å²) < 4.78 is 22.1. The van der Waals surface area contributed by atoms with Crippen LogP contribution in [0.4, 0.5) is 0 Å². The van der Waals surface area contributed by atoms with Gasteiger partial charge in [-0.1, -0.05) is 0 Å². The van der Waals surface area contributed by atoms with E-state index in [1.54, 1.807) is 30.6 Å². The van der Waals surface area contributed by atoms with Gasteiger partial charge in [0.1, 0.15) is 13.2 Å². The van der Waals surface area contributed by atoms with Gasteiger partial charge in [-0.15, -0.1) is 0 Å². The van der Waals surface area contributed by atoms with Crippen molar-refractivity contribution in [2.24, 2.45) is 0 Å². The van der Waals surface area contributed by atoms with Crippen LogP contribution in [0.2, 0.25) is 0 Å². The van der Waals surface area contributed by atoms with Gasteiger partial charge in [-0.05, 0) is 24.6 Å². The maximum atomic E-state index is 12.3. The van der Waals surface area contributed by atoms with Crippen LogP contribution in [0.3, 0.4) is 0 Å². The van der Waals surface area contributed by atoms with Crippen molar-refractivity contribution in [3.05, 3.63) is 41.7 Å². The molecule has 0 fully saturated rings. The first-order chi connectivity index (χ1) is 12.7. The highest BCUT2D eigenvalue weighted by atomic mass is 16.6. The lowest BCUT2D eigenvalue weighted by molar-refractivity contribution is 0.0936. The highest BCUT2D eigenvalue weighted by Gasteiger charge is 2.27. The molecule has 0 aliphatic carbocycles. The predicted molar refractivity (Wildman–Crippen MR) is 93.3 cm³/mol. The van der Waals surface area contributed by atoms with E-state index >= 15 is 0 Å². The molecule has 1 aromatic heterocycles. The van der Waals surface area contributed by atoms with Crippen molar-refractivity contribution in [2.45, 2.75) is 18.9 Å². The first-order valence-corrected chi connectivity index (χ1v) is 8.31. The molecule has 1 atom stereocenters. The Labute approximate surface area is 151 Å². The van der Waals surface area contributed by atoms with Crippen LogP contribution in [-0.4, -0.2) is 43.3 Å². The van der Waals surface area contributed by atoms with Crippen molar-refractivity contribution >= 4 is 5.78 Å². The van der Waals surface area contributed by atoms with Gasteiger partial charge >= 0.3 is 0 Å². The first kappa shape index (κ1) is 18.0. The summed E-state index contributed by atoms with van der Waals surface area (Å²) >= 11 is 0. The number of aliphatic hydroxyl groups excluding tert-OH is 1. The van der Waals surface area contributed by atoms with E-state index in [0.29, 0.717) is 47.3 Å². The van der Waals surface area contributed by atoms with Crippen molar-refractivity contribution in [3.8, 4) is 23.0 Å². The van der Waals surface area contributed by atoms with Gasteiger partial charge in [0.25, 0.3) is 0 Å². The molecule has 7 heteroatoms. The normalized spacial score (nSPS) is 13.8. The minimum Gasteiger partial charge on any atom is -0.492 e. The summed E-state index contributed by atoms with van der Waals surface area (Å²) in [6, 6.07) is 4.99. The lowest BCUT2D eigenvalue weighted by Gasteiger charge is -2.25. The summed E-state index contributed by atoms with van der Waals surface area (Å²) in [5, 5.41) is 10.7. The van der Waals surface area contributed by atoms with Crippen LogP contribution < -0.4 is 18.9 Å². The molecule has 1 aliphatic heterocycles. The largest absolute Gasteiger partial charge is 0.492 e. The van der Waals surface area contributed by atoms with Crippen molar-refractivity contribution in [2.75, 3.05) is 27.4 Å². The van der Waals surface area contributed by atoms with Crippen molar-refractivity contribution in [1.29, 1.82) is 0 Å². The van der Waals surface area contributed by atoms with Gasteiger partial charge < -0.3 is 24.1 Å². The van der Waals surface area contributed by atoms with Crippen LogP contribution >= 0.6 is 0 Å². The first-order valence-electron chi connectivity index (χ1n) is 8.31. The number of carbonyl (C=O) groups is 1. The Bertz CT molecular complexity index is 777. The number of nitrogens with zero attached hydrogens (tertiary/aromatic N) is 1. The molecule has 0 saturated carbocycles. The van der Waals surface area contributed by atoms with Crippen molar-refractivity contribution in [3.63, 3.8) is 0 Å². The Morgan fingerprint density at radius 3 is 2.58 bits per heavy atom. The second-order valence-corrected chi connectivity index (χ2v) is 5.77. The third-order valence-corrected chi connectivity index (χ3v) is 4.19. The van der Waals surface area contributed by atoms with Gasteiger partial charge in [0, 0.05) is 29.9 Å². The van der Waals surface area contributed by atoms with E-state index < -0.39 is 6.10 Å². The van der Waals surface area contributed by atoms with Gasteiger partial charge in [-0.2, -0.15) is 0 Å². The van der Waals surface area contributed by atoms with Crippen molar-refractivity contribution in [1.82, 2.24) is 4.98 Å². The SMILES string of the molecule is COc1c(C(O)CCC(=O)c2ccncc2)cc2c(c1OC)OCCO2. The van der Waals surface area contributed by atoms with E-state index in [4.69, 9.17) is 18.9 Å². The van der Waals surface area contributed by atoms with E-state index in [2.05, 4.69) is 4.98 Å². The van der Waals surface area contributed by atoms with E-state index in [9.17, 15) is 9.90 Å². The fourth-order valence-corrected chi connectivity index (χ4v) is 2.91. The fourth-order valence-electron chi connectivity index (χ4n) is 2.91. The molecule has 2 aromatic rings. The Morgan fingerprint density at radius 2 is 1.88 bits per heavy atom. The minimum absolute atomic E-state index is 0.0603. The zero-order chi connectivity index (χ0) is 18.5. The molecule has 7 nitrogen and oxygen atoms in total. The number of pyridine rings is 1. The number of carbonyl (C=O) groups excluding carboxylic acids is 1. The molecular formula is C19H21NO6. The topological polar surface area (TPSA) is 87.1 Å². The average Bonchev–Trinajstić information content (AvgIpc) is 2.70. The average molecular weight is 359 g/mol. The number of hydrogen-bond acceptors (Lipinski definition) is 7. The molecule has 0 radical (unpaired) electrons. The number of ether oxygens (including phenoxy) is 4. The van der Waals surface area contributed by atoms with Crippen LogP contribution in [0.15, 0.2) is 30.6 Å². The number of aliphatic hydroxyl groups is 1. The molecule has 0 amide bonds. The van der Waals surface area contributed by atoms with Gasteiger partial charge in [0.05, 0.1) is 20.3 Å². The molecular weight excluding hydrogens is 338 g/mol. The highest BCUT2D eigenvalue weighted by molar-refractivity contribution is 5.95. The Morgan fingerprint density at radius 1 is 1.19 bits per heavy atom. The van der Waals surface area contributed by atoms with Crippen LogP contribution in [0.25, 0.3) is 0 Å². The Hall–Kier alpha value is -2.80. The maximum Gasteiger partial charge on any atom is 0.207 e. The van der Waals surface area contributed by atoms with Crippen molar-refractivity contribution < 1.29 is 28.8 Å². The quantitative estimate of drug-likeness (QED) is 0.760. The standard InChI is InChI=1S/C19H21NO6/c1-23-17-13(11-16-18(19(17)24-2)26-10-9-25-16)15(22)4-3-14(21)12-5-7-20-8-6-12/h5-8,11,15,22H,3-4,9-10H2,1-2H3. The van der Waals surface area contributed by atoms with Crippen LogP contribution in [0, 0.1) is 0 Å². The Balaban J connectivity index is 1.82. The lowest BCUT2D eigenvalue weighted by Crippen LogP contribution is -2.17. The predicted octanol–water partition coefficient (Wildman–Crippen LogP) is 2.57. The lowest BCUT2D eigenvalue weighted by atomic mass is 9.99. The summed E-state index contributed by atoms with van der Waals surface area (Å²) in [6.07, 6.45) is 2.64. The molecule has 0 bridgehead atoms. The molecule has 1 aliphatic rings. The number of ketones is 1. The number of hydrogen-bond donors (Lipinski definition) is 1. The second kappa shape index (κ2) is 8.05.